The summed E-state index contributed by atoms with van der Waals surface area (Å²) in [4.78, 5) is -0.311. The van der Waals surface area contributed by atoms with Crippen molar-refractivity contribution < 1.29 is 16.8 Å². The van der Waals surface area contributed by atoms with Crippen LogP contribution in [0.1, 0.15) is 25.7 Å². The zero-order chi connectivity index (χ0) is 14.8. The van der Waals surface area contributed by atoms with Gasteiger partial charge >= 0.3 is 0 Å². The van der Waals surface area contributed by atoms with Crippen molar-refractivity contribution in [2.75, 3.05) is 6.54 Å². The van der Waals surface area contributed by atoms with E-state index in [-0.39, 0.29) is 9.79 Å². The van der Waals surface area contributed by atoms with Crippen LogP contribution in [0.5, 0.6) is 0 Å². The van der Waals surface area contributed by atoms with Crippen molar-refractivity contribution in [3.8, 4) is 0 Å². The fourth-order valence-corrected chi connectivity index (χ4v) is 4.02. The van der Waals surface area contributed by atoms with Gasteiger partial charge < -0.3 is 0 Å². The molecule has 0 radical (unpaired) electrons. The summed E-state index contributed by atoms with van der Waals surface area (Å²) in [6, 6.07) is 5.02. The van der Waals surface area contributed by atoms with Crippen LogP contribution in [0, 0.1) is 5.92 Å². The van der Waals surface area contributed by atoms with Crippen LogP contribution in [0.25, 0.3) is 0 Å². The molecule has 1 aromatic rings. The van der Waals surface area contributed by atoms with E-state index in [4.69, 9.17) is 10.7 Å². The average molecular weight is 338 g/mol. The minimum Gasteiger partial charge on any atom is -0.211 e. The van der Waals surface area contributed by atoms with Crippen molar-refractivity contribution in [2.45, 2.75) is 35.5 Å². The zero-order valence-electron chi connectivity index (χ0n) is 10.7. The molecule has 0 atom stereocenters. The number of benzene rings is 1. The van der Waals surface area contributed by atoms with Crippen molar-refractivity contribution in [1.29, 1.82) is 0 Å². The summed E-state index contributed by atoms with van der Waals surface area (Å²) >= 11 is 0. The standard InChI is InChI=1S/C12H16ClNO4S2/c13-19(15,16)11-5-2-6-12(9-11)20(17,18)14-8-7-10-3-1-4-10/h2,5-6,9-10,14H,1,3-4,7-8H2. The van der Waals surface area contributed by atoms with E-state index in [1.54, 1.807) is 0 Å². The van der Waals surface area contributed by atoms with E-state index in [0.717, 1.165) is 25.3 Å². The Morgan fingerprint density at radius 2 is 1.80 bits per heavy atom. The zero-order valence-corrected chi connectivity index (χ0v) is 13.1. The Labute approximate surface area is 123 Å². The summed E-state index contributed by atoms with van der Waals surface area (Å²) in [5, 5.41) is 0. The van der Waals surface area contributed by atoms with Crippen molar-refractivity contribution in [2.24, 2.45) is 5.92 Å². The van der Waals surface area contributed by atoms with Gasteiger partial charge in [-0.3, -0.25) is 0 Å². The van der Waals surface area contributed by atoms with Gasteiger partial charge in [0.15, 0.2) is 0 Å². The molecule has 1 aromatic carbocycles. The molecule has 0 heterocycles. The summed E-state index contributed by atoms with van der Waals surface area (Å²) in [5.74, 6) is 0.604. The predicted octanol–water partition coefficient (Wildman–Crippen LogP) is 2.08. The van der Waals surface area contributed by atoms with Gasteiger partial charge in [0.05, 0.1) is 9.79 Å². The Morgan fingerprint density at radius 3 is 2.35 bits per heavy atom. The van der Waals surface area contributed by atoms with Crippen LogP contribution < -0.4 is 4.72 Å². The molecule has 0 bridgehead atoms. The molecular formula is C12H16ClNO4S2. The molecule has 0 spiro atoms. The third kappa shape index (κ3) is 3.94. The van der Waals surface area contributed by atoms with Gasteiger partial charge in [-0.05, 0) is 30.5 Å². The first-order valence-corrected chi connectivity index (χ1v) is 10.1. The van der Waals surface area contributed by atoms with Crippen LogP contribution >= 0.6 is 10.7 Å². The molecule has 0 unspecified atom stereocenters. The Balaban J connectivity index is 2.08. The second kappa shape index (κ2) is 6.01. The highest BCUT2D eigenvalue weighted by Crippen LogP contribution is 2.29. The number of hydrogen-bond donors (Lipinski definition) is 1. The fourth-order valence-electron chi connectivity index (χ4n) is 2.06. The minimum absolute atomic E-state index is 0.0900. The monoisotopic (exact) mass is 337 g/mol. The van der Waals surface area contributed by atoms with Crippen molar-refractivity contribution in [3.63, 3.8) is 0 Å². The molecule has 1 N–H and O–H groups in total. The van der Waals surface area contributed by atoms with Crippen LogP contribution in [0.2, 0.25) is 0 Å². The SMILES string of the molecule is O=S(=O)(Cl)c1cccc(S(=O)(=O)NCCC2CCC2)c1. The lowest BCUT2D eigenvalue weighted by molar-refractivity contribution is 0.297. The maximum atomic E-state index is 12.1. The van der Waals surface area contributed by atoms with Gasteiger partial charge in [-0.2, -0.15) is 0 Å². The lowest BCUT2D eigenvalue weighted by atomic mass is 9.83. The molecule has 112 valence electrons. The predicted molar refractivity (Wildman–Crippen MR) is 76.6 cm³/mol. The highest BCUT2D eigenvalue weighted by Gasteiger charge is 2.20. The largest absolute Gasteiger partial charge is 0.261 e. The Hall–Kier alpha value is -0.630. The molecule has 2 rings (SSSR count). The molecular weight excluding hydrogens is 322 g/mol. The van der Waals surface area contributed by atoms with E-state index >= 15 is 0 Å². The van der Waals surface area contributed by atoms with Gasteiger partial charge in [0.2, 0.25) is 10.0 Å². The summed E-state index contributed by atoms with van der Waals surface area (Å²) in [5.41, 5.74) is 0. The van der Waals surface area contributed by atoms with Crippen LogP contribution in [0.3, 0.4) is 0 Å². The number of rotatable bonds is 6. The van der Waals surface area contributed by atoms with Gasteiger partial charge in [0, 0.05) is 17.2 Å². The topological polar surface area (TPSA) is 80.3 Å². The second-order valence-electron chi connectivity index (χ2n) is 4.90. The number of nitrogens with one attached hydrogen (secondary N) is 1. The number of halogens is 1. The quantitative estimate of drug-likeness (QED) is 0.806. The summed E-state index contributed by atoms with van der Waals surface area (Å²) < 4.78 is 49.0. The van der Waals surface area contributed by atoms with E-state index in [1.807, 2.05) is 0 Å². The van der Waals surface area contributed by atoms with E-state index < -0.39 is 19.1 Å². The molecule has 5 nitrogen and oxygen atoms in total. The minimum atomic E-state index is -3.93. The number of hydrogen-bond acceptors (Lipinski definition) is 4. The fraction of sp³-hybridized carbons (Fsp3) is 0.500. The molecule has 0 aromatic heterocycles. The first-order valence-electron chi connectivity index (χ1n) is 6.33. The molecule has 1 saturated carbocycles. The van der Waals surface area contributed by atoms with E-state index in [9.17, 15) is 16.8 Å². The molecule has 8 heteroatoms. The van der Waals surface area contributed by atoms with Gasteiger partial charge in [-0.1, -0.05) is 25.3 Å². The van der Waals surface area contributed by atoms with Crippen molar-refractivity contribution >= 4 is 29.8 Å². The Morgan fingerprint density at radius 1 is 1.15 bits per heavy atom. The van der Waals surface area contributed by atoms with Crippen molar-refractivity contribution in [1.82, 2.24) is 4.72 Å². The van der Waals surface area contributed by atoms with Crippen LogP contribution in [0.4, 0.5) is 0 Å². The number of sulfonamides is 1. The average Bonchev–Trinajstić information content (AvgIpc) is 2.31. The van der Waals surface area contributed by atoms with Gasteiger partial charge in [-0.15, -0.1) is 0 Å². The molecule has 0 amide bonds. The highest BCUT2D eigenvalue weighted by molar-refractivity contribution is 8.13. The van der Waals surface area contributed by atoms with Gasteiger partial charge in [-0.25, -0.2) is 21.6 Å². The van der Waals surface area contributed by atoms with Crippen molar-refractivity contribution in [3.05, 3.63) is 24.3 Å². The van der Waals surface area contributed by atoms with Crippen LogP contribution in [-0.4, -0.2) is 23.4 Å². The smallest absolute Gasteiger partial charge is 0.211 e. The molecule has 20 heavy (non-hydrogen) atoms. The normalized spacial score (nSPS) is 16.9. The summed E-state index contributed by atoms with van der Waals surface area (Å²) in [6.45, 7) is 0.366. The second-order valence-corrected chi connectivity index (χ2v) is 9.23. The first kappa shape index (κ1) is 15.8. The first-order chi connectivity index (χ1) is 9.29. The van der Waals surface area contributed by atoms with Gasteiger partial charge in [0.25, 0.3) is 9.05 Å². The Kier molecular flexibility index (Phi) is 4.73. The van der Waals surface area contributed by atoms with E-state index in [0.29, 0.717) is 12.5 Å². The molecule has 0 aliphatic heterocycles. The van der Waals surface area contributed by atoms with Crippen LogP contribution in [0.15, 0.2) is 34.1 Å². The molecule has 1 fully saturated rings. The highest BCUT2D eigenvalue weighted by atomic mass is 35.7. The van der Waals surface area contributed by atoms with E-state index in [2.05, 4.69) is 4.72 Å². The summed E-state index contributed by atoms with van der Waals surface area (Å²) in [7, 11) is -2.42. The molecule has 0 saturated heterocycles. The third-order valence-electron chi connectivity index (χ3n) is 3.47. The maximum Gasteiger partial charge on any atom is 0.261 e. The molecule has 1 aliphatic carbocycles. The maximum absolute atomic E-state index is 12.1. The lowest BCUT2D eigenvalue weighted by Gasteiger charge is -2.25. The third-order valence-corrected chi connectivity index (χ3v) is 6.28. The Bertz CT molecular complexity index is 681. The van der Waals surface area contributed by atoms with Crippen LogP contribution in [-0.2, 0) is 19.1 Å². The van der Waals surface area contributed by atoms with Gasteiger partial charge in [0.1, 0.15) is 0 Å². The summed E-state index contributed by atoms with van der Waals surface area (Å²) in [6.07, 6.45) is 4.34. The molecule has 1 aliphatic rings. The van der Waals surface area contributed by atoms with E-state index in [1.165, 1.54) is 24.6 Å². The lowest BCUT2D eigenvalue weighted by Crippen LogP contribution is -2.27.